The van der Waals surface area contributed by atoms with E-state index in [9.17, 15) is 0 Å². The van der Waals surface area contributed by atoms with Crippen LogP contribution in [0.2, 0.25) is 5.02 Å². The van der Waals surface area contributed by atoms with Crippen molar-refractivity contribution in [2.45, 2.75) is 11.8 Å². The second-order valence-electron chi connectivity index (χ2n) is 5.41. The van der Waals surface area contributed by atoms with Crippen molar-refractivity contribution in [3.8, 4) is 5.69 Å². The fourth-order valence-corrected chi connectivity index (χ4v) is 4.41. The van der Waals surface area contributed by atoms with Gasteiger partial charge in [-0.1, -0.05) is 59.8 Å². The van der Waals surface area contributed by atoms with Crippen LogP contribution in [0, 0.1) is 0 Å². The van der Waals surface area contributed by atoms with E-state index in [0.29, 0.717) is 6.61 Å². The van der Waals surface area contributed by atoms with Gasteiger partial charge in [-0.3, -0.25) is 0 Å². The van der Waals surface area contributed by atoms with E-state index in [1.54, 1.807) is 11.8 Å². The Hall–Kier alpha value is -2.10. The summed E-state index contributed by atoms with van der Waals surface area (Å²) >= 11 is 8.23. The number of aromatic nitrogens is 1. The Bertz CT molecular complexity index is 914. The average Bonchev–Trinajstić information content (AvgIpc) is 3.03. The molecule has 0 saturated heterocycles. The molecular formula is C20H16ClNOS. The Balaban J connectivity index is 2.03. The number of nitrogens with zero attached hydrogens (tertiary/aromatic N) is 1. The lowest BCUT2D eigenvalue weighted by atomic mass is 10.1. The van der Waals surface area contributed by atoms with Gasteiger partial charge in [0.2, 0.25) is 0 Å². The van der Waals surface area contributed by atoms with Crippen LogP contribution in [-0.4, -0.2) is 11.2 Å². The van der Waals surface area contributed by atoms with Crippen molar-refractivity contribution < 1.29 is 4.74 Å². The van der Waals surface area contributed by atoms with Crippen molar-refractivity contribution in [3.63, 3.8) is 0 Å². The van der Waals surface area contributed by atoms with Crippen LogP contribution >= 0.6 is 23.4 Å². The minimum Gasteiger partial charge on any atom is -0.490 e. The number of para-hydroxylation sites is 1. The zero-order chi connectivity index (χ0) is 16.5. The number of fused-ring (bicyclic) bond motifs is 3. The predicted molar refractivity (Wildman–Crippen MR) is 102 cm³/mol. The molecule has 4 heteroatoms. The Labute approximate surface area is 150 Å². The summed E-state index contributed by atoms with van der Waals surface area (Å²) in [7, 11) is 0. The van der Waals surface area contributed by atoms with Gasteiger partial charge in [-0.2, -0.15) is 0 Å². The van der Waals surface area contributed by atoms with E-state index in [0.717, 1.165) is 37.5 Å². The van der Waals surface area contributed by atoms with Gasteiger partial charge in [0.15, 0.2) is 5.76 Å². The van der Waals surface area contributed by atoms with Gasteiger partial charge in [0, 0.05) is 11.1 Å². The molecule has 1 aliphatic rings. The molecule has 2 heterocycles. The smallest absolute Gasteiger partial charge is 0.157 e. The zero-order valence-electron chi connectivity index (χ0n) is 13.2. The van der Waals surface area contributed by atoms with Crippen molar-refractivity contribution in [1.29, 1.82) is 0 Å². The molecule has 0 atom stereocenters. The van der Waals surface area contributed by atoms with E-state index in [1.807, 2.05) is 37.4 Å². The number of ether oxygens (including phenoxy) is 1. The maximum atomic E-state index is 6.52. The lowest BCUT2D eigenvalue weighted by molar-refractivity contribution is 0.298. The van der Waals surface area contributed by atoms with Crippen LogP contribution in [-0.2, 0) is 4.74 Å². The minimum absolute atomic E-state index is 0.613. The number of thioether (sulfide) groups is 1. The third kappa shape index (κ3) is 2.54. The van der Waals surface area contributed by atoms with Crippen LogP contribution in [0.15, 0.2) is 71.8 Å². The number of halogens is 1. The molecule has 24 heavy (non-hydrogen) atoms. The molecule has 0 radical (unpaired) electrons. The van der Waals surface area contributed by atoms with E-state index in [1.165, 1.54) is 0 Å². The molecule has 4 rings (SSSR count). The predicted octanol–water partition coefficient (Wildman–Crippen LogP) is 6.10. The maximum Gasteiger partial charge on any atom is 0.157 e. The molecule has 1 aromatic heterocycles. The summed E-state index contributed by atoms with van der Waals surface area (Å²) in [6, 6.07) is 20.5. The summed E-state index contributed by atoms with van der Waals surface area (Å²) < 4.78 is 8.20. The van der Waals surface area contributed by atoms with Crippen molar-refractivity contribution in [1.82, 2.24) is 4.57 Å². The first-order valence-electron chi connectivity index (χ1n) is 7.86. The van der Waals surface area contributed by atoms with Gasteiger partial charge in [0.25, 0.3) is 0 Å². The van der Waals surface area contributed by atoms with Crippen molar-refractivity contribution in [3.05, 3.63) is 83.1 Å². The topological polar surface area (TPSA) is 14.2 Å². The molecule has 2 aromatic carbocycles. The Morgan fingerprint density at radius 2 is 1.83 bits per heavy atom. The largest absolute Gasteiger partial charge is 0.490 e. The van der Waals surface area contributed by atoms with Crippen LogP contribution in [0.4, 0.5) is 0 Å². The minimum atomic E-state index is 0.613. The third-order valence-corrected chi connectivity index (χ3v) is 5.39. The summed E-state index contributed by atoms with van der Waals surface area (Å²) in [5.74, 6) is 0.894. The fourth-order valence-electron chi connectivity index (χ4n) is 2.91. The van der Waals surface area contributed by atoms with Crippen LogP contribution in [0.1, 0.15) is 18.2 Å². The van der Waals surface area contributed by atoms with Gasteiger partial charge in [0.1, 0.15) is 0 Å². The van der Waals surface area contributed by atoms with Crippen LogP contribution < -0.4 is 0 Å². The van der Waals surface area contributed by atoms with E-state index >= 15 is 0 Å². The highest BCUT2D eigenvalue weighted by atomic mass is 35.5. The summed E-state index contributed by atoms with van der Waals surface area (Å²) in [5, 5.41) is 0.739. The van der Waals surface area contributed by atoms with Gasteiger partial charge in [-0.15, -0.1) is 0 Å². The number of benzene rings is 2. The standard InChI is InChI=1S/C20H16ClNOS/c1-2-23-19-16-11-7-13-22(16)18-15(21)10-6-12-17(18)24-20(19)14-8-4-3-5-9-14/h3-13H,2H2,1H3. The lowest BCUT2D eigenvalue weighted by Gasteiger charge is -2.14. The maximum absolute atomic E-state index is 6.52. The van der Waals surface area contributed by atoms with Gasteiger partial charge >= 0.3 is 0 Å². The molecule has 0 fully saturated rings. The SMILES string of the molecule is CCOC1=C(c2ccccc2)Sc2cccc(Cl)c2-n2cccc21. The first kappa shape index (κ1) is 15.4. The molecule has 0 unspecified atom stereocenters. The Kier molecular flexibility index (Phi) is 4.13. The van der Waals surface area contributed by atoms with Gasteiger partial charge < -0.3 is 9.30 Å². The molecule has 0 N–H and O–H groups in total. The first-order chi connectivity index (χ1) is 11.8. The Morgan fingerprint density at radius 3 is 2.62 bits per heavy atom. The number of hydrogen-bond acceptors (Lipinski definition) is 2. The quantitative estimate of drug-likeness (QED) is 0.564. The number of rotatable bonds is 3. The third-order valence-electron chi connectivity index (χ3n) is 3.91. The monoisotopic (exact) mass is 353 g/mol. The normalized spacial score (nSPS) is 13.2. The molecule has 3 aromatic rings. The van der Waals surface area contributed by atoms with Crippen molar-refractivity contribution in [2.75, 3.05) is 6.61 Å². The second kappa shape index (κ2) is 6.42. The fraction of sp³-hybridized carbons (Fsp3) is 0.100. The summed E-state index contributed by atoms with van der Waals surface area (Å²) in [6.07, 6.45) is 2.04. The first-order valence-corrected chi connectivity index (χ1v) is 9.06. The molecule has 0 saturated carbocycles. The van der Waals surface area contributed by atoms with E-state index in [-0.39, 0.29) is 0 Å². The highest BCUT2D eigenvalue weighted by molar-refractivity contribution is 8.08. The molecule has 0 bridgehead atoms. The van der Waals surface area contributed by atoms with Gasteiger partial charge in [-0.25, -0.2) is 0 Å². The van der Waals surface area contributed by atoms with Crippen LogP contribution in [0.25, 0.3) is 16.4 Å². The Morgan fingerprint density at radius 1 is 1.00 bits per heavy atom. The summed E-state index contributed by atoms with van der Waals surface area (Å²) in [4.78, 5) is 2.23. The molecular weight excluding hydrogens is 338 g/mol. The van der Waals surface area contributed by atoms with Gasteiger partial charge in [0.05, 0.1) is 27.9 Å². The van der Waals surface area contributed by atoms with Crippen molar-refractivity contribution >= 4 is 34.0 Å². The molecule has 0 aliphatic carbocycles. The molecule has 120 valence electrons. The molecule has 2 nitrogen and oxygen atoms in total. The lowest BCUT2D eigenvalue weighted by Crippen LogP contribution is -2.01. The van der Waals surface area contributed by atoms with Crippen LogP contribution in [0.3, 0.4) is 0 Å². The molecule has 0 spiro atoms. The van der Waals surface area contributed by atoms with Gasteiger partial charge in [-0.05, 0) is 36.8 Å². The highest BCUT2D eigenvalue weighted by Gasteiger charge is 2.25. The second-order valence-corrected chi connectivity index (χ2v) is 6.87. The average molecular weight is 354 g/mol. The molecule has 1 aliphatic heterocycles. The van der Waals surface area contributed by atoms with E-state index < -0.39 is 0 Å². The van der Waals surface area contributed by atoms with Crippen LogP contribution in [0.5, 0.6) is 0 Å². The molecule has 0 amide bonds. The number of hydrogen-bond donors (Lipinski definition) is 0. The zero-order valence-corrected chi connectivity index (χ0v) is 14.8. The summed E-state index contributed by atoms with van der Waals surface area (Å²) in [5.41, 5.74) is 3.17. The van der Waals surface area contributed by atoms with E-state index in [2.05, 4.69) is 41.0 Å². The van der Waals surface area contributed by atoms with Crippen molar-refractivity contribution in [2.24, 2.45) is 0 Å². The summed E-state index contributed by atoms with van der Waals surface area (Å²) in [6.45, 7) is 2.63. The van der Waals surface area contributed by atoms with E-state index in [4.69, 9.17) is 16.3 Å². The highest BCUT2D eigenvalue weighted by Crippen LogP contribution is 2.47.